The van der Waals surface area contributed by atoms with Crippen molar-refractivity contribution < 1.29 is 0 Å². The minimum Gasteiger partial charge on any atom is -0.386 e. The lowest BCUT2D eigenvalue weighted by Crippen LogP contribution is -2.10. The van der Waals surface area contributed by atoms with Gasteiger partial charge in [-0.1, -0.05) is 0 Å². The molecule has 0 bridgehead atoms. The number of nitrogens with zero attached hydrogens (tertiary/aromatic N) is 1. The van der Waals surface area contributed by atoms with Crippen LogP contribution in [0.2, 0.25) is 0 Å². The zero-order chi connectivity index (χ0) is 5.82. The first kappa shape index (κ1) is 4.92. The van der Waals surface area contributed by atoms with Crippen molar-refractivity contribution in [1.29, 1.82) is 5.26 Å². The molecule has 2 nitrogen and oxygen atoms in total. The van der Waals surface area contributed by atoms with E-state index in [2.05, 4.69) is 11.4 Å². The van der Waals surface area contributed by atoms with Gasteiger partial charge < -0.3 is 5.32 Å². The molecule has 40 valence electrons. The number of allylic oxidation sites excluding steroid dienone is 2. The second-order valence-electron chi connectivity index (χ2n) is 1.54. The summed E-state index contributed by atoms with van der Waals surface area (Å²) in [6.07, 6.45) is 5.44. The third-order valence-electron chi connectivity index (χ3n) is 0.948. The average Bonchev–Trinajstić information content (AvgIpc) is 1.90. The van der Waals surface area contributed by atoms with E-state index in [1.807, 2.05) is 12.3 Å². The monoisotopic (exact) mass is 106 g/mol. The lowest BCUT2D eigenvalue weighted by atomic mass is 10.2. The predicted molar refractivity (Wildman–Crippen MR) is 30.8 cm³/mol. The molecule has 0 saturated carbocycles. The molecule has 0 saturated heterocycles. The van der Waals surface area contributed by atoms with Crippen molar-refractivity contribution in [3.63, 3.8) is 0 Å². The van der Waals surface area contributed by atoms with E-state index >= 15 is 0 Å². The summed E-state index contributed by atoms with van der Waals surface area (Å²) >= 11 is 0. The van der Waals surface area contributed by atoms with Gasteiger partial charge in [-0.15, -0.1) is 0 Å². The fourth-order valence-corrected chi connectivity index (χ4v) is 0.537. The molecule has 0 unspecified atom stereocenters. The molecule has 0 radical (unpaired) electrons. The Balaban J connectivity index is 2.67. The van der Waals surface area contributed by atoms with Crippen molar-refractivity contribution in [3.8, 4) is 6.07 Å². The SMILES string of the molecule is N#CC1=CC=CNC1. The van der Waals surface area contributed by atoms with Crippen LogP contribution in [0.4, 0.5) is 0 Å². The van der Waals surface area contributed by atoms with Crippen LogP contribution in [-0.4, -0.2) is 6.54 Å². The minimum atomic E-state index is 0.674. The van der Waals surface area contributed by atoms with Crippen LogP contribution < -0.4 is 5.32 Å². The highest BCUT2D eigenvalue weighted by atomic mass is 14.8. The molecule has 1 aliphatic rings. The van der Waals surface area contributed by atoms with Gasteiger partial charge in [0.2, 0.25) is 0 Å². The Hall–Kier alpha value is -1.23. The summed E-state index contributed by atoms with van der Waals surface area (Å²) in [5, 5.41) is 11.2. The van der Waals surface area contributed by atoms with E-state index in [1.165, 1.54) is 0 Å². The lowest BCUT2D eigenvalue weighted by Gasteiger charge is -2.00. The van der Waals surface area contributed by atoms with Gasteiger partial charge in [0, 0.05) is 12.1 Å². The van der Waals surface area contributed by atoms with Crippen molar-refractivity contribution >= 4 is 0 Å². The number of hydrogen-bond donors (Lipinski definition) is 1. The van der Waals surface area contributed by atoms with Crippen LogP contribution in [0.3, 0.4) is 0 Å². The number of dihydropyridines is 1. The first-order chi connectivity index (χ1) is 3.93. The van der Waals surface area contributed by atoms with Gasteiger partial charge in [0.25, 0.3) is 0 Å². The second-order valence-corrected chi connectivity index (χ2v) is 1.54. The molecule has 1 heterocycles. The Bertz CT molecular complexity index is 171. The Morgan fingerprint density at radius 1 is 1.75 bits per heavy atom. The number of hydrogen-bond acceptors (Lipinski definition) is 2. The van der Waals surface area contributed by atoms with Crippen molar-refractivity contribution in [2.45, 2.75) is 0 Å². The van der Waals surface area contributed by atoms with Gasteiger partial charge in [-0.3, -0.25) is 0 Å². The van der Waals surface area contributed by atoms with Gasteiger partial charge in [0.15, 0.2) is 0 Å². The summed E-state index contributed by atoms with van der Waals surface area (Å²) < 4.78 is 0. The van der Waals surface area contributed by atoms with Gasteiger partial charge in [0.1, 0.15) is 0 Å². The zero-order valence-corrected chi connectivity index (χ0v) is 4.39. The van der Waals surface area contributed by atoms with E-state index in [1.54, 1.807) is 6.08 Å². The number of nitrogens with one attached hydrogen (secondary N) is 1. The molecule has 0 aromatic carbocycles. The van der Waals surface area contributed by atoms with Crippen LogP contribution in [0.25, 0.3) is 0 Å². The van der Waals surface area contributed by atoms with Gasteiger partial charge in [-0.05, 0) is 18.4 Å². The normalized spacial score (nSPS) is 16.1. The first-order valence-electron chi connectivity index (χ1n) is 2.42. The highest BCUT2D eigenvalue weighted by Crippen LogP contribution is 1.93. The highest BCUT2D eigenvalue weighted by Gasteiger charge is 1.92. The summed E-state index contributed by atoms with van der Waals surface area (Å²) in [6.45, 7) is 0.674. The quantitative estimate of drug-likeness (QED) is 0.489. The van der Waals surface area contributed by atoms with Gasteiger partial charge in [0.05, 0.1) is 6.07 Å². The Labute approximate surface area is 48.1 Å². The van der Waals surface area contributed by atoms with E-state index < -0.39 is 0 Å². The summed E-state index contributed by atoms with van der Waals surface area (Å²) in [5.74, 6) is 0. The smallest absolute Gasteiger partial charge is 0.0966 e. The molecule has 0 aromatic heterocycles. The lowest BCUT2D eigenvalue weighted by molar-refractivity contribution is 0.943. The molecular formula is C6H6N2. The molecule has 0 aromatic rings. The standard InChI is InChI=1S/C6H6N2/c7-4-6-2-1-3-8-5-6/h1-3,8H,5H2. The van der Waals surface area contributed by atoms with Crippen LogP contribution in [0, 0.1) is 11.3 Å². The molecule has 2 heteroatoms. The molecule has 0 fully saturated rings. The summed E-state index contributed by atoms with van der Waals surface area (Å²) in [7, 11) is 0. The molecule has 1 rings (SSSR count). The maximum absolute atomic E-state index is 8.30. The maximum atomic E-state index is 8.30. The van der Waals surface area contributed by atoms with Crippen LogP contribution in [0.5, 0.6) is 0 Å². The van der Waals surface area contributed by atoms with Crippen LogP contribution in [-0.2, 0) is 0 Å². The molecule has 1 N–H and O–H groups in total. The van der Waals surface area contributed by atoms with Crippen LogP contribution >= 0.6 is 0 Å². The van der Waals surface area contributed by atoms with Crippen molar-refractivity contribution in [2.24, 2.45) is 0 Å². The zero-order valence-electron chi connectivity index (χ0n) is 4.39. The van der Waals surface area contributed by atoms with Gasteiger partial charge >= 0.3 is 0 Å². The first-order valence-corrected chi connectivity index (χ1v) is 2.42. The molecular weight excluding hydrogens is 100 g/mol. The van der Waals surface area contributed by atoms with Gasteiger partial charge in [-0.25, -0.2) is 0 Å². The highest BCUT2D eigenvalue weighted by molar-refractivity contribution is 5.29. The fraction of sp³-hybridized carbons (Fsp3) is 0.167. The summed E-state index contributed by atoms with van der Waals surface area (Å²) in [4.78, 5) is 0. The van der Waals surface area contributed by atoms with Crippen molar-refractivity contribution in [3.05, 3.63) is 23.9 Å². The Kier molecular flexibility index (Phi) is 1.34. The molecule has 0 atom stereocenters. The van der Waals surface area contributed by atoms with E-state index in [9.17, 15) is 0 Å². The van der Waals surface area contributed by atoms with Crippen molar-refractivity contribution in [2.75, 3.05) is 6.54 Å². The Morgan fingerprint density at radius 3 is 3.00 bits per heavy atom. The molecule has 0 spiro atoms. The van der Waals surface area contributed by atoms with Crippen LogP contribution in [0.15, 0.2) is 23.9 Å². The molecule has 8 heavy (non-hydrogen) atoms. The average molecular weight is 106 g/mol. The van der Waals surface area contributed by atoms with E-state index in [-0.39, 0.29) is 0 Å². The third-order valence-corrected chi connectivity index (χ3v) is 0.948. The topological polar surface area (TPSA) is 35.8 Å². The Morgan fingerprint density at radius 2 is 2.62 bits per heavy atom. The maximum Gasteiger partial charge on any atom is 0.0966 e. The summed E-state index contributed by atoms with van der Waals surface area (Å²) in [6, 6.07) is 2.05. The molecule has 0 amide bonds. The van der Waals surface area contributed by atoms with E-state index in [0.29, 0.717) is 6.54 Å². The molecule has 0 aliphatic carbocycles. The number of nitriles is 1. The number of rotatable bonds is 0. The fourth-order valence-electron chi connectivity index (χ4n) is 0.537. The largest absolute Gasteiger partial charge is 0.386 e. The van der Waals surface area contributed by atoms with E-state index in [0.717, 1.165) is 5.57 Å². The van der Waals surface area contributed by atoms with Crippen molar-refractivity contribution in [1.82, 2.24) is 5.32 Å². The van der Waals surface area contributed by atoms with Crippen LogP contribution in [0.1, 0.15) is 0 Å². The third kappa shape index (κ3) is 0.881. The van der Waals surface area contributed by atoms with Gasteiger partial charge in [-0.2, -0.15) is 5.26 Å². The molecule has 1 aliphatic heterocycles. The minimum absolute atomic E-state index is 0.674. The van der Waals surface area contributed by atoms with E-state index in [4.69, 9.17) is 5.26 Å². The predicted octanol–water partition coefficient (Wildman–Crippen LogP) is 0.553. The second kappa shape index (κ2) is 2.17. The summed E-state index contributed by atoms with van der Waals surface area (Å²) in [5.41, 5.74) is 0.785.